The number of nitrogens with two attached hydrogens (primary N) is 2. The number of carbonyl (C=O) groups is 2. The van der Waals surface area contributed by atoms with Crippen LogP contribution in [0.2, 0.25) is 0 Å². The van der Waals surface area contributed by atoms with Crippen molar-refractivity contribution in [3.63, 3.8) is 0 Å². The number of aromatic nitrogens is 1. The molecule has 0 radical (unpaired) electrons. The van der Waals surface area contributed by atoms with E-state index in [1.165, 1.54) is 4.57 Å². The maximum Gasteiger partial charge on any atom is 0.274 e. The summed E-state index contributed by atoms with van der Waals surface area (Å²) in [6.45, 7) is 0.192. The van der Waals surface area contributed by atoms with Crippen LogP contribution in [-0.2, 0) is 16.6 Å². The lowest BCUT2D eigenvalue weighted by Crippen LogP contribution is -2.44. The smallest absolute Gasteiger partial charge is 0.274 e. The Balaban J connectivity index is 2.01. The highest BCUT2D eigenvalue weighted by molar-refractivity contribution is 5.96. The van der Waals surface area contributed by atoms with Gasteiger partial charge in [-0.2, -0.15) is 0 Å². The van der Waals surface area contributed by atoms with Gasteiger partial charge in [-0.3, -0.25) is 14.4 Å². The molecule has 1 aromatic heterocycles. The minimum Gasteiger partial charge on any atom is -0.346 e. The van der Waals surface area contributed by atoms with Gasteiger partial charge >= 0.3 is 0 Å². The number of hydrogen-bond donors (Lipinski definition) is 4. The molecule has 0 spiro atoms. The summed E-state index contributed by atoms with van der Waals surface area (Å²) in [6, 6.07) is 8.27. The maximum atomic E-state index is 12.3. The van der Waals surface area contributed by atoms with Gasteiger partial charge in [0.1, 0.15) is 5.69 Å². The zero-order chi connectivity index (χ0) is 18.4. The van der Waals surface area contributed by atoms with Gasteiger partial charge in [-0.05, 0) is 31.5 Å². The van der Waals surface area contributed by atoms with E-state index >= 15 is 0 Å². The van der Waals surface area contributed by atoms with Gasteiger partial charge in [0.05, 0.1) is 18.1 Å². The minimum atomic E-state index is -0.704. The van der Waals surface area contributed by atoms with Crippen LogP contribution in [0.3, 0.4) is 0 Å². The van der Waals surface area contributed by atoms with Crippen LogP contribution in [0.15, 0.2) is 35.1 Å². The summed E-state index contributed by atoms with van der Waals surface area (Å²) in [6.07, 6.45) is 1.09. The van der Waals surface area contributed by atoms with Gasteiger partial charge in [0.2, 0.25) is 11.8 Å². The number of nitrogens with one attached hydrogen (secondary N) is 2. The summed E-state index contributed by atoms with van der Waals surface area (Å²) < 4.78 is 1.46. The molecule has 1 aromatic carbocycles. The molecule has 0 aliphatic heterocycles. The first-order valence-electron chi connectivity index (χ1n) is 8.06. The monoisotopic (exact) mass is 345 g/mol. The van der Waals surface area contributed by atoms with Crippen molar-refractivity contribution in [1.82, 2.24) is 9.88 Å². The molecule has 0 fully saturated rings. The zero-order valence-electron chi connectivity index (χ0n) is 14.1. The molecule has 1 heterocycles. The first-order valence-corrected chi connectivity index (χ1v) is 8.06. The predicted molar refractivity (Wildman–Crippen MR) is 97.1 cm³/mol. The van der Waals surface area contributed by atoms with Gasteiger partial charge < -0.3 is 26.7 Å². The van der Waals surface area contributed by atoms with Crippen LogP contribution in [0.4, 0.5) is 5.69 Å². The van der Waals surface area contributed by atoms with Gasteiger partial charge in [-0.15, -0.1) is 0 Å². The predicted octanol–water partition coefficient (Wildman–Crippen LogP) is -0.341. The maximum absolute atomic E-state index is 12.3. The number of benzene rings is 1. The molecule has 6 N–H and O–H groups in total. The van der Waals surface area contributed by atoms with Crippen molar-refractivity contribution in [3.8, 4) is 0 Å². The number of carbonyl (C=O) groups excluding carboxylic acids is 2. The number of rotatable bonds is 7. The van der Waals surface area contributed by atoms with Crippen LogP contribution in [0.5, 0.6) is 0 Å². The first kappa shape index (κ1) is 18.6. The lowest BCUT2D eigenvalue weighted by atomic mass is 10.1. The Morgan fingerprint density at radius 1 is 1.28 bits per heavy atom. The Bertz CT molecular complexity index is 831. The van der Waals surface area contributed by atoms with Crippen molar-refractivity contribution in [3.05, 3.63) is 40.7 Å². The Labute approximate surface area is 145 Å². The molecule has 25 heavy (non-hydrogen) atoms. The third-order valence-electron chi connectivity index (χ3n) is 3.89. The van der Waals surface area contributed by atoms with E-state index in [-0.39, 0.29) is 17.8 Å². The van der Waals surface area contributed by atoms with Crippen molar-refractivity contribution in [1.29, 1.82) is 0 Å². The minimum absolute atomic E-state index is 0.160. The molecule has 2 amide bonds. The fourth-order valence-electron chi connectivity index (χ4n) is 2.47. The quantitative estimate of drug-likeness (QED) is 0.545. The van der Waals surface area contributed by atoms with Crippen LogP contribution < -0.4 is 27.7 Å². The molecule has 0 saturated carbocycles. The number of nitrogens with zero attached hydrogens (tertiary/aromatic N) is 1. The van der Waals surface area contributed by atoms with E-state index in [2.05, 4.69) is 10.6 Å². The fourth-order valence-corrected chi connectivity index (χ4v) is 2.47. The normalized spacial score (nSPS) is 12.0. The number of aryl methyl sites for hydroxylation is 1. The van der Waals surface area contributed by atoms with E-state index in [1.54, 1.807) is 13.1 Å². The number of amides is 2. The third-order valence-corrected chi connectivity index (χ3v) is 3.89. The molecule has 1 atom stereocenters. The first-order chi connectivity index (χ1) is 11.9. The van der Waals surface area contributed by atoms with Gasteiger partial charge in [0.15, 0.2) is 0 Å². The lowest BCUT2D eigenvalue weighted by Gasteiger charge is -2.12. The van der Waals surface area contributed by atoms with Crippen molar-refractivity contribution in [2.45, 2.75) is 18.9 Å². The van der Waals surface area contributed by atoms with Crippen molar-refractivity contribution < 1.29 is 9.59 Å². The number of para-hydroxylation sites is 1. The number of fused-ring (bicyclic) bond motifs is 1. The summed E-state index contributed by atoms with van der Waals surface area (Å²) in [4.78, 5) is 36.1. The lowest BCUT2D eigenvalue weighted by molar-refractivity contribution is -0.125. The SMILES string of the molecule is Cn1c(=O)c(NC(=O)CNC(=O)[C@@H](N)CCCN)cc2ccccc21. The molecule has 0 bridgehead atoms. The Kier molecular flexibility index (Phi) is 6.26. The van der Waals surface area contributed by atoms with E-state index in [0.717, 1.165) is 10.9 Å². The Morgan fingerprint density at radius 3 is 2.72 bits per heavy atom. The molecular formula is C17H23N5O3. The Morgan fingerprint density at radius 2 is 2.00 bits per heavy atom. The summed E-state index contributed by atoms with van der Waals surface area (Å²) in [5.41, 5.74) is 11.7. The second-order valence-corrected chi connectivity index (χ2v) is 5.78. The van der Waals surface area contributed by atoms with Crippen molar-refractivity contribution in [2.24, 2.45) is 18.5 Å². The second-order valence-electron chi connectivity index (χ2n) is 5.78. The summed E-state index contributed by atoms with van der Waals surface area (Å²) in [5, 5.41) is 5.82. The zero-order valence-corrected chi connectivity index (χ0v) is 14.1. The highest BCUT2D eigenvalue weighted by Gasteiger charge is 2.15. The molecule has 0 saturated heterocycles. The van der Waals surface area contributed by atoms with Crippen LogP contribution in [0.25, 0.3) is 10.9 Å². The van der Waals surface area contributed by atoms with Crippen molar-refractivity contribution in [2.75, 3.05) is 18.4 Å². The molecule has 134 valence electrons. The Hall–Kier alpha value is -2.71. The molecule has 8 nitrogen and oxygen atoms in total. The summed E-state index contributed by atoms with van der Waals surface area (Å²) in [7, 11) is 1.64. The second kappa shape index (κ2) is 8.41. The average molecular weight is 345 g/mol. The van der Waals surface area contributed by atoms with Gasteiger partial charge in [0, 0.05) is 12.4 Å². The molecule has 8 heteroatoms. The fraction of sp³-hybridized carbons (Fsp3) is 0.353. The molecular weight excluding hydrogens is 322 g/mol. The van der Waals surface area contributed by atoms with E-state index in [1.807, 2.05) is 24.3 Å². The highest BCUT2D eigenvalue weighted by atomic mass is 16.2. The van der Waals surface area contributed by atoms with Crippen molar-refractivity contribution >= 4 is 28.4 Å². The van der Waals surface area contributed by atoms with E-state index in [0.29, 0.717) is 19.4 Å². The topological polar surface area (TPSA) is 132 Å². The van der Waals surface area contributed by atoms with E-state index in [4.69, 9.17) is 11.5 Å². The molecule has 2 rings (SSSR count). The molecule has 0 aliphatic carbocycles. The van der Waals surface area contributed by atoms with E-state index in [9.17, 15) is 14.4 Å². The number of hydrogen-bond acceptors (Lipinski definition) is 5. The van der Waals surface area contributed by atoms with Crippen LogP contribution >= 0.6 is 0 Å². The molecule has 0 aliphatic rings. The van der Waals surface area contributed by atoms with E-state index < -0.39 is 17.9 Å². The summed E-state index contributed by atoms with van der Waals surface area (Å²) in [5.74, 6) is -0.915. The molecule has 2 aromatic rings. The number of pyridine rings is 1. The average Bonchev–Trinajstić information content (AvgIpc) is 2.61. The highest BCUT2D eigenvalue weighted by Crippen LogP contribution is 2.14. The summed E-state index contributed by atoms with van der Waals surface area (Å²) >= 11 is 0. The van der Waals surface area contributed by atoms with Gasteiger partial charge in [-0.25, -0.2) is 0 Å². The molecule has 0 unspecified atom stereocenters. The van der Waals surface area contributed by atoms with Gasteiger partial charge in [0.25, 0.3) is 5.56 Å². The van der Waals surface area contributed by atoms with Crippen LogP contribution in [-0.4, -0.2) is 35.5 Å². The third kappa shape index (κ3) is 4.65. The largest absolute Gasteiger partial charge is 0.346 e. The standard InChI is InChI=1S/C17H23N5O3/c1-22-14-7-3-2-5-11(14)9-13(17(22)25)21-15(23)10-20-16(24)12(19)6-4-8-18/h2-3,5,7,9,12H,4,6,8,10,18-19H2,1H3,(H,20,24)(H,21,23)/t12-/m0/s1. The van der Waals surface area contributed by atoms with Gasteiger partial charge in [-0.1, -0.05) is 18.2 Å². The van der Waals surface area contributed by atoms with Crippen LogP contribution in [0.1, 0.15) is 12.8 Å². The van der Waals surface area contributed by atoms with Crippen LogP contribution in [0, 0.1) is 0 Å². The number of anilines is 1.